The second-order valence-electron chi connectivity index (χ2n) is 5.73. The molecule has 0 aliphatic carbocycles. The normalized spacial score (nSPS) is 15.0. The predicted octanol–water partition coefficient (Wildman–Crippen LogP) is 0.487. The molecule has 0 aromatic rings. The van der Waals surface area contributed by atoms with Crippen LogP contribution in [0, 0.1) is 0 Å². The van der Waals surface area contributed by atoms with Crippen molar-refractivity contribution in [3.8, 4) is 0 Å². The molecule has 3 N–H and O–H groups in total. The highest BCUT2D eigenvalue weighted by Crippen LogP contribution is 2.08. The number of carbonyl (C=O) groups is 2. The van der Waals surface area contributed by atoms with Crippen molar-refractivity contribution in [1.29, 1.82) is 0 Å². The van der Waals surface area contributed by atoms with E-state index < -0.39 is 5.54 Å². The SMILES string of the molecule is CCC(C)(N)C(=O)N(C)CC(=O)NC(C)(C)C. The maximum absolute atomic E-state index is 11.9. The van der Waals surface area contributed by atoms with Gasteiger partial charge >= 0.3 is 0 Å². The van der Waals surface area contributed by atoms with E-state index in [-0.39, 0.29) is 23.9 Å². The fourth-order valence-electron chi connectivity index (χ4n) is 1.33. The zero-order valence-electron chi connectivity index (χ0n) is 11.8. The zero-order chi connectivity index (χ0) is 13.9. The van der Waals surface area contributed by atoms with Crippen LogP contribution in [0.1, 0.15) is 41.0 Å². The lowest BCUT2D eigenvalue weighted by Gasteiger charge is -2.29. The van der Waals surface area contributed by atoms with E-state index in [4.69, 9.17) is 5.73 Å². The maximum Gasteiger partial charge on any atom is 0.242 e. The van der Waals surface area contributed by atoms with Crippen LogP contribution in [0.25, 0.3) is 0 Å². The van der Waals surface area contributed by atoms with E-state index in [2.05, 4.69) is 5.32 Å². The summed E-state index contributed by atoms with van der Waals surface area (Å²) in [6, 6.07) is 0. The molecule has 0 aliphatic rings. The largest absolute Gasteiger partial charge is 0.350 e. The molecule has 0 spiro atoms. The molecule has 0 aliphatic heterocycles. The molecule has 100 valence electrons. The van der Waals surface area contributed by atoms with Crippen molar-refractivity contribution in [3.05, 3.63) is 0 Å². The lowest BCUT2D eigenvalue weighted by atomic mass is 9.99. The van der Waals surface area contributed by atoms with E-state index in [1.807, 2.05) is 27.7 Å². The Balaban J connectivity index is 4.41. The quantitative estimate of drug-likeness (QED) is 0.754. The number of likely N-dealkylation sites (N-methyl/N-ethyl adjacent to an activating group) is 1. The molecule has 0 saturated heterocycles. The predicted molar refractivity (Wildman–Crippen MR) is 68.4 cm³/mol. The number of amides is 2. The number of hydrogen-bond acceptors (Lipinski definition) is 3. The standard InChI is InChI=1S/C12H25N3O2/c1-7-12(5,13)10(17)15(6)8-9(16)14-11(2,3)4/h7-8,13H2,1-6H3,(H,14,16). The van der Waals surface area contributed by atoms with Crippen LogP contribution in [0.4, 0.5) is 0 Å². The number of nitrogens with two attached hydrogens (primary N) is 1. The van der Waals surface area contributed by atoms with Crippen molar-refractivity contribution < 1.29 is 9.59 Å². The molecule has 0 saturated carbocycles. The summed E-state index contributed by atoms with van der Waals surface area (Å²) in [7, 11) is 1.59. The first kappa shape index (κ1) is 15.9. The lowest BCUT2D eigenvalue weighted by Crippen LogP contribution is -2.54. The second kappa shape index (κ2) is 5.49. The number of hydrogen-bond donors (Lipinski definition) is 2. The highest BCUT2D eigenvalue weighted by Gasteiger charge is 2.30. The van der Waals surface area contributed by atoms with Crippen molar-refractivity contribution in [3.63, 3.8) is 0 Å². The summed E-state index contributed by atoms with van der Waals surface area (Å²) >= 11 is 0. The Labute approximate surface area is 104 Å². The van der Waals surface area contributed by atoms with Crippen molar-refractivity contribution in [2.75, 3.05) is 13.6 Å². The smallest absolute Gasteiger partial charge is 0.242 e. The van der Waals surface area contributed by atoms with Crippen LogP contribution in [-0.2, 0) is 9.59 Å². The fourth-order valence-corrected chi connectivity index (χ4v) is 1.33. The number of carbonyl (C=O) groups excluding carboxylic acids is 2. The Morgan fingerprint density at radius 2 is 1.71 bits per heavy atom. The summed E-state index contributed by atoms with van der Waals surface area (Å²) in [5.74, 6) is -0.399. The van der Waals surface area contributed by atoms with Gasteiger partial charge in [-0.3, -0.25) is 9.59 Å². The van der Waals surface area contributed by atoms with Crippen LogP contribution in [0.5, 0.6) is 0 Å². The number of nitrogens with zero attached hydrogens (tertiary/aromatic N) is 1. The first-order chi connectivity index (χ1) is 7.49. The van der Waals surface area contributed by atoms with E-state index in [1.165, 1.54) is 4.90 Å². The van der Waals surface area contributed by atoms with Gasteiger partial charge in [-0.1, -0.05) is 6.92 Å². The third-order valence-electron chi connectivity index (χ3n) is 2.46. The molecule has 5 nitrogen and oxygen atoms in total. The van der Waals surface area contributed by atoms with Gasteiger partial charge in [0.2, 0.25) is 11.8 Å². The molecule has 5 heteroatoms. The summed E-state index contributed by atoms with van der Waals surface area (Å²) < 4.78 is 0. The van der Waals surface area contributed by atoms with Crippen LogP contribution in [-0.4, -0.2) is 41.4 Å². The molecule has 1 atom stereocenters. The van der Waals surface area contributed by atoms with Gasteiger partial charge in [-0.15, -0.1) is 0 Å². The van der Waals surface area contributed by atoms with Crippen LogP contribution in [0.3, 0.4) is 0 Å². The van der Waals surface area contributed by atoms with Crippen LogP contribution in [0.15, 0.2) is 0 Å². The zero-order valence-corrected chi connectivity index (χ0v) is 11.8. The summed E-state index contributed by atoms with van der Waals surface area (Å²) in [4.78, 5) is 24.9. The molecule has 0 bridgehead atoms. The molecule has 17 heavy (non-hydrogen) atoms. The van der Waals surface area contributed by atoms with E-state index in [0.717, 1.165) is 0 Å². The summed E-state index contributed by atoms with van der Waals surface area (Å²) in [6.45, 7) is 9.24. The fraction of sp³-hybridized carbons (Fsp3) is 0.833. The van der Waals surface area contributed by atoms with E-state index >= 15 is 0 Å². The Morgan fingerprint density at radius 3 is 2.06 bits per heavy atom. The Kier molecular flexibility index (Phi) is 5.13. The lowest BCUT2D eigenvalue weighted by molar-refractivity contribution is -0.139. The van der Waals surface area contributed by atoms with Gasteiger partial charge in [-0.2, -0.15) is 0 Å². The van der Waals surface area contributed by atoms with E-state index in [0.29, 0.717) is 6.42 Å². The van der Waals surface area contributed by atoms with Crippen molar-refractivity contribution in [2.45, 2.75) is 52.1 Å². The molecule has 0 aromatic carbocycles. The topological polar surface area (TPSA) is 75.4 Å². The van der Waals surface area contributed by atoms with Gasteiger partial charge in [0, 0.05) is 12.6 Å². The molecule has 2 amide bonds. The van der Waals surface area contributed by atoms with Gasteiger partial charge in [0.15, 0.2) is 0 Å². The first-order valence-electron chi connectivity index (χ1n) is 5.85. The second-order valence-corrected chi connectivity index (χ2v) is 5.73. The molecule has 0 aromatic heterocycles. The molecular formula is C12H25N3O2. The molecular weight excluding hydrogens is 218 g/mol. The molecule has 1 unspecified atom stereocenters. The molecule has 0 radical (unpaired) electrons. The average molecular weight is 243 g/mol. The van der Waals surface area contributed by atoms with E-state index in [1.54, 1.807) is 14.0 Å². The Bertz CT molecular complexity index is 293. The highest BCUT2D eigenvalue weighted by molar-refractivity contribution is 5.89. The summed E-state index contributed by atoms with van der Waals surface area (Å²) in [5, 5.41) is 2.80. The average Bonchev–Trinajstić information content (AvgIpc) is 2.13. The highest BCUT2D eigenvalue weighted by atomic mass is 16.2. The first-order valence-corrected chi connectivity index (χ1v) is 5.85. The minimum Gasteiger partial charge on any atom is -0.350 e. The van der Waals surface area contributed by atoms with Gasteiger partial charge in [0.05, 0.1) is 12.1 Å². The van der Waals surface area contributed by atoms with E-state index in [9.17, 15) is 9.59 Å². The Hall–Kier alpha value is -1.10. The molecule has 0 heterocycles. The monoisotopic (exact) mass is 243 g/mol. The van der Waals surface area contributed by atoms with Gasteiger partial charge in [0.25, 0.3) is 0 Å². The van der Waals surface area contributed by atoms with Crippen LogP contribution >= 0.6 is 0 Å². The minimum absolute atomic E-state index is 0.0306. The van der Waals surface area contributed by atoms with Gasteiger partial charge in [-0.25, -0.2) is 0 Å². The third kappa shape index (κ3) is 5.68. The van der Waals surface area contributed by atoms with Crippen molar-refractivity contribution in [2.24, 2.45) is 5.73 Å². The molecule has 0 rings (SSSR count). The number of rotatable bonds is 4. The van der Waals surface area contributed by atoms with Gasteiger partial charge in [0.1, 0.15) is 0 Å². The van der Waals surface area contributed by atoms with Crippen LogP contribution in [0.2, 0.25) is 0 Å². The summed E-state index contributed by atoms with van der Waals surface area (Å²) in [5.41, 5.74) is 4.64. The van der Waals surface area contributed by atoms with Crippen molar-refractivity contribution >= 4 is 11.8 Å². The maximum atomic E-state index is 11.9. The van der Waals surface area contributed by atoms with Gasteiger partial charge in [-0.05, 0) is 34.1 Å². The Morgan fingerprint density at radius 1 is 1.24 bits per heavy atom. The number of nitrogens with one attached hydrogen (secondary N) is 1. The minimum atomic E-state index is -0.906. The van der Waals surface area contributed by atoms with Crippen molar-refractivity contribution in [1.82, 2.24) is 10.2 Å². The van der Waals surface area contributed by atoms with Crippen LogP contribution < -0.4 is 11.1 Å². The summed E-state index contributed by atoms with van der Waals surface area (Å²) in [6.07, 6.45) is 0.539. The van der Waals surface area contributed by atoms with Gasteiger partial charge < -0.3 is 16.0 Å². The molecule has 0 fully saturated rings. The third-order valence-corrected chi connectivity index (χ3v) is 2.46.